The lowest BCUT2D eigenvalue weighted by molar-refractivity contribution is 0.0832. The van der Waals surface area contributed by atoms with Gasteiger partial charge in [-0.15, -0.1) is 0 Å². The molecule has 1 saturated heterocycles. The summed E-state index contributed by atoms with van der Waals surface area (Å²) in [4.78, 5) is 33.7. The Bertz CT molecular complexity index is 1460. The molecule has 1 aliphatic heterocycles. The number of pyridine rings is 1. The normalized spacial score (nSPS) is 14.3. The predicted molar refractivity (Wildman–Crippen MR) is 154 cm³/mol. The number of fused-ring (bicyclic) bond motifs is 1. The van der Waals surface area contributed by atoms with Crippen LogP contribution in [0.15, 0.2) is 73.1 Å². The molecule has 0 unspecified atom stereocenters. The highest BCUT2D eigenvalue weighted by Crippen LogP contribution is 2.28. The maximum atomic E-state index is 12.9. The molecule has 202 valence electrons. The van der Waals surface area contributed by atoms with Crippen molar-refractivity contribution in [1.82, 2.24) is 19.8 Å². The number of piperidine rings is 1. The predicted octanol–water partition coefficient (Wildman–Crippen LogP) is 4.24. The van der Waals surface area contributed by atoms with Crippen LogP contribution < -0.4 is 15.5 Å². The summed E-state index contributed by atoms with van der Waals surface area (Å²) in [7, 11) is 3.55. The van der Waals surface area contributed by atoms with Gasteiger partial charge in [0.05, 0.1) is 11.6 Å². The number of hydrogen-bond donors (Lipinski definition) is 3. The number of hydrogen-bond acceptors (Lipinski definition) is 6. The van der Waals surface area contributed by atoms with Crippen LogP contribution in [0.3, 0.4) is 0 Å². The van der Waals surface area contributed by atoms with Crippen LogP contribution in [0.1, 0.15) is 28.8 Å². The van der Waals surface area contributed by atoms with Gasteiger partial charge in [-0.2, -0.15) is 0 Å². The van der Waals surface area contributed by atoms with Crippen molar-refractivity contribution in [3.05, 3.63) is 84.2 Å². The second-order valence-corrected chi connectivity index (χ2v) is 9.92. The van der Waals surface area contributed by atoms with Gasteiger partial charge in [-0.05, 0) is 67.3 Å². The number of aliphatic hydroxyl groups excluding tert-OH is 1. The van der Waals surface area contributed by atoms with E-state index in [-0.39, 0.29) is 18.0 Å². The van der Waals surface area contributed by atoms with E-state index in [0.29, 0.717) is 11.4 Å². The van der Waals surface area contributed by atoms with E-state index in [1.165, 1.54) is 5.56 Å². The third-order valence-corrected chi connectivity index (χ3v) is 7.36. The fourth-order valence-corrected chi connectivity index (χ4v) is 4.92. The number of benzene rings is 2. The van der Waals surface area contributed by atoms with Crippen LogP contribution in [0.25, 0.3) is 10.9 Å². The Labute approximate surface area is 228 Å². The van der Waals surface area contributed by atoms with Crippen molar-refractivity contribution in [2.75, 3.05) is 43.9 Å². The van der Waals surface area contributed by atoms with Gasteiger partial charge in [0, 0.05) is 74.5 Å². The number of aliphatic hydroxyl groups is 1. The van der Waals surface area contributed by atoms with E-state index in [2.05, 4.69) is 20.5 Å². The fourth-order valence-electron chi connectivity index (χ4n) is 4.92. The summed E-state index contributed by atoms with van der Waals surface area (Å²) in [6, 6.07) is 19.0. The van der Waals surface area contributed by atoms with Crippen LogP contribution in [-0.4, -0.2) is 71.3 Å². The quantitative estimate of drug-likeness (QED) is 0.333. The lowest BCUT2D eigenvalue weighted by Gasteiger charge is -2.29. The molecule has 2 aromatic heterocycles. The van der Waals surface area contributed by atoms with Gasteiger partial charge in [-0.1, -0.05) is 12.1 Å². The lowest BCUT2D eigenvalue weighted by Crippen LogP contribution is -2.37. The van der Waals surface area contributed by atoms with Gasteiger partial charge in [-0.25, -0.2) is 9.78 Å². The Morgan fingerprint density at radius 3 is 2.51 bits per heavy atom. The number of carbonyl (C=O) groups is 2. The molecule has 0 saturated carbocycles. The number of aromatic nitrogens is 2. The van der Waals surface area contributed by atoms with Gasteiger partial charge in [0.15, 0.2) is 0 Å². The molecule has 9 heteroatoms. The van der Waals surface area contributed by atoms with Crippen molar-refractivity contribution < 1.29 is 14.7 Å². The molecule has 0 aliphatic carbocycles. The molecule has 0 atom stereocenters. The average molecular weight is 527 g/mol. The maximum absolute atomic E-state index is 12.9. The SMILES string of the molecule is CNC(=O)n1ccc2cc(N(C)c3ccnc(NC(=O)c4ccc(CCN5CCC(O)CC5)cc4)c3)ccc21. The highest BCUT2D eigenvalue weighted by molar-refractivity contribution is 6.04. The van der Waals surface area contributed by atoms with E-state index < -0.39 is 0 Å². The van der Waals surface area contributed by atoms with Crippen LogP contribution in [0.4, 0.5) is 22.0 Å². The molecule has 1 fully saturated rings. The fraction of sp³-hybridized carbons (Fsp3) is 0.300. The minimum atomic E-state index is -0.212. The highest BCUT2D eigenvalue weighted by Gasteiger charge is 2.17. The van der Waals surface area contributed by atoms with E-state index in [9.17, 15) is 14.7 Å². The molecule has 0 radical (unpaired) electrons. The van der Waals surface area contributed by atoms with Crippen LogP contribution in [0.2, 0.25) is 0 Å². The summed E-state index contributed by atoms with van der Waals surface area (Å²) >= 11 is 0. The third-order valence-electron chi connectivity index (χ3n) is 7.36. The Balaban J connectivity index is 1.21. The van der Waals surface area contributed by atoms with E-state index in [1.54, 1.807) is 24.0 Å². The molecule has 2 aromatic carbocycles. The first-order valence-electron chi connectivity index (χ1n) is 13.2. The molecule has 9 nitrogen and oxygen atoms in total. The Kier molecular flexibility index (Phi) is 7.90. The monoisotopic (exact) mass is 526 g/mol. The van der Waals surface area contributed by atoms with Crippen LogP contribution in [0.5, 0.6) is 0 Å². The molecular weight excluding hydrogens is 492 g/mol. The van der Waals surface area contributed by atoms with Gasteiger partial charge < -0.3 is 25.5 Å². The zero-order valence-corrected chi connectivity index (χ0v) is 22.3. The zero-order valence-electron chi connectivity index (χ0n) is 22.3. The molecule has 0 spiro atoms. The molecule has 3 heterocycles. The van der Waals surface area contributed by atoms with Crippen molar-refractivity contribution in [2.45, 2.75) is 25.4 Å². The highest BCUT2D eigenvalue weighted by atomic mass is 16.3. The average Bonchev–Trinajstić information content (AvgIpc) is 3.40. The van der Waals surface area contributed by atoms with Crippen molar-refractivity contribution in [3.8, 4) is 0 Å². The van der Waals surface area contributed by atoms with E-state index in [0.717, 1.165) is 61.2 Å². The number of nitrogens with zero attached hydrogens (tertiary/aromatic N) is 4. The summed E-state index contributed by atoms with van der Waals surface area (Å²) in [5, 5.41) is 16.2. The standard InChI is InChI=1S/C30H34N6O3/c1-31-30(39)36-18-11-23-19-24(7-8-27(23)36)34(2)25-9-14-32-28(20-25)33-29(38)22-5-3-21(4-6-22)10-15-35-16-12-26(37)13-17-35/h3-9,11,14,18-20,26,37H,10,12-13,15-17H2,1-2H3,(H,31,39)(H,32,33,38). The minimum absolute atomic E-state index is 0.158. The van der Waals surface area contributed by atoms with Gasteiger partial charge in [0.1, 0.15) is 5.82 Å². The number of nitrogens with one attached hydrogen (secondary N) is 2. The number of amides is 2. The minimum Gasteiger partial charge on any atom is -0.393 e. The van der Waals surface area contributed by atoms with Gasteiger partial charge in [0.25, 0.3) is 5.91 Å². The third kappa shape index (κ3) is 6.10. The maximum Gasteiger partial charge on any atom is 0.325 e. The Morgan fingerprint density at radius 1 is 1.03 bits per heavy atom. The van der Waals surface area contributed by atoms with E-state index >= 15 is 0 Å². The molecule has 1 aliphatic rings. The summed E-state index contributed by atoms with van der Waals surface area (Å²) in [6.45, 7) is 2.82. The second-order valence-electron chi connectivity index (χ2n) is 9.92. The first kappa shape index (κ1) is 26.4. The van der Waals surface area contributed by atoms with Crippen LogP contribution in [-0.2, 0) is 6.42 Å². The largest absolute Gasteiger partial charge is 0.393 e. The number of carbonyl (C=O) groups excluding carboxylic acids is 2. The van der Waals surface area contributed by atoms with Crippen molar-refractivity contribution in [2.24, 2.45) is 0 Å². The number of anilines is 3. The molecule has 4 aromatic rings. The molecular formula is C30H34N6O3. The summed E-state index contributed by atoms with van der Waals surface area (Å²) in [6.07, 6.45) is 5.86. The molecule has 2 amide bonds. The molecule has 3 N–H and O–H groups in total. The second kappa shape index (κ2) is 11.7. The van der Waals surface area contributed by atoms with Gasteiger partial charge >= 0.3 is 6.03 Å². The van der Waals surface area contributed by atoms with Crippen molar-refractivity contribution >= 4 is 40.0 Å². The first-order valence-corrected chi connectivity index (χ1v) is 13.2. The summed E-state index contributed by atoms with van der Waals surface area (Å²) < 4.78 is 1.58. The zero-order chi connectivity index (χ0) is 27.4. The van der Waals surface area contributed by atoms with Crippen LogP contribution in [0, 0.1) is 0 Å². The lowest BCUT2D eigenvalue weighted by atomic mass is 10.1. The topological polar surface area (TPSA) is 103 Å². The van der Waals surface area contributed by atoms with Crippen molar-refractivity contribution in [3.63, 3.8) is 0 Å². The Hall–Kier alpha value is -4.21. The van der Waals surface area contributed by atoms with E-state index in [4.69, 9.17) is 0 Å². The van der Waals surface area contributed by atoms with Gasteiger partial charge in [0.2, 0.25) is 0 Å². The Morgan fingerprint density at radius 2 is 1.77 bits per heavy atom. The van der Waals surface area contributed by atoms with Crippen LogP contribution >= 0.6 is 0 Å². The van der Waals surface area contributed by atoms with Crippen molar-refractivity contribution in [1.29, 1.82) is 0 Å². The number of likely N-dealkylation sites (tertiary alicyclic amines) is 1. The van der Waals surface area contributed by atoms with Gasteiger partial charge in [-0.3, -0.25) is 9.36 Å². The first-order chi connectivity index (χ1) is 18.9. The molecule has 0 bridgehead atoms. The number of rotatable bonds is 7. The summed E-state index contributed by atoms with van der Waals surface area (Å²) in [5.74, 6) is 0.253. The molecule has 39 heavy (non-hydrogen) atoms. The summed E-state index contributed by atoms with van der Waals surface area (Å²) in [5.41, 5.74) is 4.39. The smallest absolute Gasteiger partial charge is 0.325 e. The van der Waals surface area contributed by atoms with E-state index in [1.807, 2.05) is 72.6 Å². The molecule has 5 rings (SSSR count).